The van der Waals surface area contributed by atoms with Gasteiger partial charge in [0.25, 0.3) is 0 Å². The maximum Gasteiger partial charge on any atom is 4.00 e. The first-order valence-electron chi connectivity index (χ1n) is 17.4. The monoisotopic (exact) mass is 799 g/mol. The summed E-state index contributed by atoms with van der Waals surface area (Å²) in [5.41, 5.74) is 7.94. The van der Waals surface area contributed by atoms with E-state index in [1.807, 2.05) is 0 Å². The van der Waals surface area contributed by atoms with E-state index < -0.39 is 0 Å². The van der Waals surface area contributed by atoms with Crippen LogP contribution in [0.2, 0.25) is 6.55 Å². The number of unbranched alkanes of at least 4 members (excludes halogenated alkanes) is 3. The van der Waals surface area contributed by atoms with Gasteiger partial charge in [-0.2, -0.15) is 12.1 Å². The van der Waals surface area contributed by atoms with Crippen LogP contribution in [0.5, 0.6) is 0 Å². The van der Waals surface area contributed by atoms with Crippen molar-refractivity contribution in [2.75, 3.05) is 0 Å². The number of hydrogen-bond donors (Lipinski definition) is 0. The molecule has 0 aliphatic rings. The van der Waals surface area contributed by atoms with Gasteiger partial charge in [0, 0.05) is 10.2 Å². The SMILES string of the molecule is CCCCCC.C[Si].Cc1cc2c(-c3cccc4ccccc34)cccc2[cH-]1.Cc1cc2c(-c3cccc4ccccc34)cccc2[cH-]1.[Cl-].[Cl-].[Zr+4]. The molecule has 0 N–H and O–H groups in total. The van der Waals surface area contributed by atoms with E-state index >= 15 is 0 Å². The van der Waals surface area contributed by atoms with Gasteiger partial charge >= 0.3 is 26.2 Å². The Bertz CT molecular complexity index is 2060. The van der Waals surface area contributed by atoms with Crippen molar-refractivity contribution >= 4 is 53.3 Å². The van der Waals surface area contributed by atoms with Crippen molar-refractivity contribution in [2.45, 2.75) is 59.9 Å². The minimum atomic E-state index is 0. The van der Waals surface area contributed by atoms with Gasteiger partial charge < -0.3 is 24.8 Å². The molecule has 3 radical (unpaired) electrons. The predicted molar refractivity (Wildman–Crippen MR) is 216 cm³/mol. The molecule has 0 heterocycles. The second kappa shape index (κ2) is 22.0. The summed E-state index contributed by atoms with van der Waals surface area (Å²) in [6.07, 6.45) is 5.54. The summed E-state index contributed by atoms with van der Waals surface area (Å²) in [6.45, 7) is 10.6. The quantitative estimate of drug-likeness (QED) is 0.0937. The topological polar surface area (TPSA) is 0 Å². The normalized spacial score (nSPS) is 10.0. The van der Waals surface area contributed by atoms with Crippen LogP contribution in [0, 0.1) is 13.8 Å². The summed E-state index contributed by atoms with van der Waals surface area (Å²) < 4.78 is 0. The van der Waals surface area contributed by atoms with Crippen molar-refractivity contribution in [3.63, 3.8) is 0 Å². The summed E-state index contributed by atoms with van der Waals surface area (Å²) in [4.78, 5) is 0. The summed E-state index contributed by atoms with van der Waals surface area (Å²) >= 11 is 0. The van der Waals surface area contributed by atoms with Gasteiger partial charge in [-0.05, 0) is 32.7 Å². The summed E-state index contributed by atoms with van der Waals surface area (Å²) in [5.74, 6) is 0. The van der Waals surface area contributed by atoms with E-state index in [1.165, 1.54) is 102 Å². The molecule has 0 bridgehead atoms. The van der Waals surface area contributed by atoms with Crippen LogP contribution in [0.15, 0.2) is 146 Å². The summed E-state index contributed by atoms with van der Waals surface area (Å²) in [7, 11) is 2.97. The first kappa shape index (κ1) is 43.9. The van der Waals surface area contributed by atoms with E-state index in [1.54, 1.807) is 6.55 Å². The zero-order valence-electron chi connectivity index (χ0n) is 30.4. The Labute approximate surface area is 340 Å². The average Bonchev–Trinajstić information content (AvgIpc) is 3.72. The predicted octanol–water partition coefficient (Wildman–Crippen LogP) is 8.17. The first-order chi connectivity index (χ1) is 23.6. The molecule has 0 amide bonds. The summed E-state index contributed by atoms with van der Waals surface area (Å²) in [6, 6.07) is 52.5. The molecule has 8 aromatic rings. The van der Waals surface area contributed by atoms with Gasteiger partial charge in [0.05, 0.1) is 0 Å². The molecule has 0 unspecified atom stereocenters. The Morgan fingerprint density at radius 1 is 0.431 bits per heavy atom. The fraction of sp³-hybridized carbons (Fsp3) is 0.191. The first-order valence-corrected chi connectivity index (χ1v) is 18.4. The Balaban J connectivity index is 0.000000280. The number of rotatable bonds is 5. The zero-order valence-corrected chi connectivity index (χ0v) is 35.4. The molecule has 0 nitrogen and oxygen atoms in total. The van der Waals surface area contributed by atoms with Crippen LogP contribution in [0.3, 0.4) is 0 Å². The third kappa shape index (κ3) is 10.6. The molecule has 8 aromatic carbocycles. The van der Waals surface area contributed by atoms with Crippen LogP contribution in [-0.2, 0) is 26.2 Å². The molecule has 0 aromatic heterocycles. The molecule has 0 saturated carbocycles. The molecule has 4 heteroatoms. The Morgan fingerprint density at radius 2 is 0.745 bits per heavy atom. The van der Waals surface area contributed by atoms with Gasteiger partial charge in [-0.1, -0.05) is 168 Å². The number of hydrogen-bond acceptors (Lipinski definition) is 0. The van der Waals surface area contributed by atoms with E-state index in [4.69, 9.17) is 0 Å². The molecule has 0 atom stereocenters. The molecular formula is C47H47Cl2SiZr. The number of benzene rings is 6. The maximum atomic E-state index is 2.97. The van der Waals surface area contributed by atoms with Crippen LogP contribution in [-0.4, -0.2) is 10.2 Å². The zero-order chi connectivity index (χ0) is 33.9. The molecule has 0 aliphatic carbocycles. The second-order valence-corrected chi connectivity index (χ2v) is 12.4. The van der Waals surface area contributed by atoms with Crippen molar-refractivity contribution in [3.05, 3.63) is 157 Å². The van der Waals surface area contributed by atoms with Crippen LogP contribution < -0.4 is 24.8 Å². The standard InChI is InChI=1S/2C20H15.C6H14.CH3Si.2ClH.Zr/c2*1-14-12-16-8-5-11-19(20(16)13-14)18-10-4-7-15-6-2-3-9-17(15)18;1-3-5-6-4-2;1-2;;;/h2*2-13H,1H3;3-6H2,1-2H3;1H3;2*1H;/q2*-1;;;;;+4/p-2. The smallest absolute Gasteiger partial charge is 1.00 e. The molecule has 0 fully saturated rings. The van der Waals surface area contributed by atoms with Gasteiger partial charge in [0.15, 0.2) is 0 Å². The van der Waals surface area contributed by atoms with Crippen LogP contribution in [0.4, 0.5) is 0 Å². The minimum Gasteiger partial charge on any atom is -1.00 e. The molecule has 0 saturated heterocycles. The van der Waals surface area contributed by atoms with Gasteiger partial charge in [-0.3, -0.25) is 0 Å². The van der Waals surface area contributed by atoms with Crippen LogP contribution in [0.25, 0.3) is 65.3 Å². The van der Waals surface area contributed by atoms with Crippen molar-refractivity contribution in [3.8, 4) is 22.3 Å². The molecule has 0 aliphatic heterocycles. The molecule has 257 valence electrons. The van der Waals surface area contributed by atoms with Gasteiger partial charge in [0.1, 0.15) is 0 Å². The Kier molecular flexibility index (Phi) is 18.9. The van der Waals surface area contributed by atoms with Crippen LogP contribution in [0.1, 0.15) is 50.7 Å². The van der Waals surface area contributed by atoms with Crippen molar-refractivity contribution in [1.82, 2.24) is 0 Å². The van der Waals surface area contributed by atoms with E-state index in [0.29, 0.717) is 0 Å². The molecule has 8 rings (SSSR count). The summed E-state index contributed by atoms with van der Waals surface area (Å²) in [5, 5.41) is 10.6. The van der Waals surface area contributed by atoms with Crippen molar-refractivity contribution < 1.29 is 51.0 Å². The van der Waals surface area contributed by atoms with Crippen molar-refractivity contribution in [1.29, 1.82) is 0 Å². The second-order valence-electron chi connectivity index (χ2n) is 12.4. The van der Waals surface area contributed by atoms with Gasteiger partial charge in [0.2, 0.25) is 0 Å². The van der Waals surface area contributed by atoms with E-state index in [0.717, 1.165) is 0 Å². The Hall–Kier alpha value is -3.26. The molecule has 0 spiro atoms. The van der Waals surface area contributed by atoms with E-state index in [2.05, 4.69) is 184 Å². The van der Waals surface area contributed by atoms with E-state index in [-0.39, 0.29) is 51.0 Å². The Morgan fingerprint density at radius 3 is 1.12 bits per heavy atom. The van der Waals surface area contributed by atoms with E-state index in [9.17, 15) is 0 Å². The third-order valence-corrected chi connectivity index (χ3v) is 8.91. The number of fused-ring (bicyclic) bond motifs is 4. The van der Waals surface area contributed by atoms with Crippen molar-refractivity contribution in [2.24, 2.45) is 0 Å². The average molecular weight is 802 g/mol. The van der Waals surface area contributed by atoms with Gasteiger partial charge in [-0.25, -0.2) is 0 Å². The maximum absolute atomic E-state index is 2.97. The fourth-order valence-corrected chi connectivity index (χ4v) is 6.66. The molecule has 51 heavy (non-hydrogen) atoms. The number of halogens is 2. The third-order valence-electron chi connectivity index (χ3n) is 8.91. The minimum absolute atomic E-state index is 0. The van der Waals surface area contributed by atoms with Crippen LogP contribution >= 0.6 is 0 Å². The molecular weight excluding hydrogens is 755 g/mol. The number of aryl methyl sites for hydroxylation is 2. The fourth-order valence-electron chi connectivity index (χ4n) is 6.66. The largest absolute Gasteiger partial charge is 4.00 e. The van der Waals surface area contributed by atoms with Gasteiger partial charge in [-0.15, -0.1) is 69.1 Å².